The summed E-state index contributed by atoms with van der Waals surface area (Å²) in [7, 11) is 0. The standard InChI is InChI=1S/C17H25ClN4OS/c1-5-13(24-6-2)14-15(18)21-17(19)22-16(14)20-12-7-11(8-23)9(3)10(12)4/h5-6,9-12,23H,2,7-8H2,1,3-4H3,(H3,19,20,21,22)/b13-5-/t9-,10+,11+,12+/m0/s1. The molecule has 0 aromatic carbocycles. The smallest absolute Gasteiger partial charge is 0.223 e. The van der Waals surface area contributed by atoms with Crippen LogP contribution >= 0.6 is 23.4 Å². The maximum absolute atomic E-state index is 9.56. The lowest BCUT2D eigenvalue weighted by Gasteiger charge is -2.22. The summed E-state index contributed by atoms with van der Waals surface area (Å²) in [6.07, 6.45) is 2.84. The fourth-order valence-corrected chi connectivity index (χ4v) is 4.25. The third kappa shape index (κ3) is 3.87. The highest BCUT2D eigenvalue weighted by Gasteiger charge is 2.38. The number of aliphatic hydroxyl groups is 1. The minimum atomic E-state index is 0.141. The molecule has 0 spiro atoms. The van der Waals surface area contributed by atoms with Crippen molar-refractivity contribution >= 4 is 40.0 Å². The van der Waals surface area contributed by atoms with Crippen molar-refractivity contribution in [3.8, 4) is 0 Å². The van der Waals surface area contributed by atoms with E-state index in [9.17, 15) is 5.11 Å². The van der Waals surface area contributed by atoms with Gasteiger partial charge in [0, 0.05) is 17.6 Å². The van der Waals surface area contributed by atoms with Gasteiger partial charge in [-0.1, -0.05) is 49.9 Å². The maximum Gasteiger partial charge on any atom is 0.223 e. The van der Waals surface area contributed by atoms with Crippen molar-refractivity contribution < 1.29 is 5.11 Å². The molecule has 1 saturated carbocycles. The second-order valence-electron chi connectivity index (χ2n) is 6.18. The van der Waals surface area contributed by atoms with E-state index in [-0.39, 0.29) is 18.6 Å². The molecule has 132 valence electrons. The van der Waals surface area contributed by atoms with E-state index in [1.165, 1.54) is 11.8 Å². The quantitative estimate of drug-likeness (QED) is 0.658. The topological polar surface area (TPSA) is 84.1 Å². The summed E-state index contributed by atoms with van der Waals surface area (Å²) in [5.74, 6) is 1.92. The molecular weight excluding hydrogens is 344 g/mol. The molecule has 1 heterocycles. The van der Waals surface area contributed by atoms with Crippen LogP contribution < -0.4 is 11.1 Å². The number of allylic oxidation sites excluding steroid dienone is 1. The molecule has 24 heavy (non-hydrogen) atoms. The van der Waals surface area contributed by atoms with E-state index in [0.29, 0.717) is 28.7 Å². The van der Waals surface area contributed by atoms with E-state index >= 15 is 0 Å². The lowest BCUT2D eigenvalue weighted by Crippen LogP contribution is -2.25. The average Bonchev–Trinajstić information content (AvgIpc) is 2.81. The van der Waals surface area contributed by atoms with Crippen molar-refractivity contribution in [1.29, 1.82) is 0 Å². The number of aliphatic hydroxyl groups excluding tert-OH is 1. The fraction of sp³-hybridized carbons (Fsp3) is 0.529. The summed E-state index contributed by atoms with van der Waals surface area (Å²) < 4.78 is 0. The molecule has 5 nitrogen and oxygen atoms in total. The minimum Gasteiger partial charge on any atom is -0.396 e. The molecule has 7 heteroatoms. The SMILES string of the molecule is C=CS/C(=C\C)c1c(Cl)nc(N)nc1N[C@@H]1C[C@H](CO)[C@@H](C)[C@H]1C. The second-order valence-corrected chi connectivity index (χ2v) is 7.55. The van der Waals surface area contributed by atoms with Crippen LogP contribution in [0.4, 0.5) is 11.8 Å². The molecule has 1 aliphatic carbocycles. The third-order valence-corrected chi connectivity index (χ3v) is 6.06. The Morgan fingerprint density at radius 3 is 2.71 bits per heavy atom. The molecule has 2 rings (SSSR count). The first-order valence-electron chi connectivity index (χ1n) is 8.07. The molecule has 1 aromatic rings. The Morgan fingerprint density at radius 2 is 2.17 bits per heavy atom. The molecular formula is C17H25ClN4OS. The summed E-state index contributed by atoms with van der Waals surface area (Å²) >= 11 is 7.82. The number of hydrogen-bond donors (Lipinski definition) is 3. The number of nitrogens with zero attached hydrogens (tertiary/aromatic N) is 2. The van der Waals surface area contributed by atoms with Crippen LogP contribution in [0.5, 0.6) is 0 Å². The van der Waals surface area contributed by atoms with E-state index in [2.05, 4.69) is 35.7 Å². The van der Waals surface area contributed by atoms with Gasteiger partial charge in [-0.05, 0) is 36.5 Å². The van der Waals surface area contributed by atoms with Crippen LogP contribution in [-0.2, 0) is 0 Å². The highest BCUT2D eigenvalue weighted by molar-refractivity contribution is 8.10. The van der Waals surface area contributed by atoms with Gasteiger partial charge < -0.3 is 16.2 Å². The van der Waals surface area contributed by atoms with Crippen molar-refractivity contribution in [3.63, 3.8) is 0 Å². The van der Waals surface area contributed by atoms with Gasteiger partial charge in [-0.2, -0.15) is 4.98 Å². The molecule has 0 radical (unpaired) electrons. The molecule has 1 aliphatic rings. The molecule has 0 aliphatic heterocycles. The number of aromatic nitrogens is 2. The normalized spacial score (nSPS) is 27.3. The van der Waals surface area contributed by atoms with Gasteiger partial charge in [-0.3, -0.25) is 0 Å². The number of hydrogen-bond acceptors (Lipinski definition) is 6. The van der Waals surface area contributed by atoms with Gasteiger partial charge in [-0.15, -0.1) is 0 Å². The molecule has 0 saturated heterocycles. The largest absolute Gasteiger partial charge is 0.396 e. The molecule has 1 aromatic heterocycles. The predicted molar refractivity (Wildman–Crippen MR) is 104 cm³/mol. The van der Waals surface area contributed by atoms with Crippen LogP contribution in [0.2, 0.25) is 5.15 Å². The number of nitrogens with one attached hydrogen (secondary N) is 1. The number of nitrogen functional groups attached to an aromatic ring is 1. The Morgan fingerprint density at radius 1 is 1.46 bits per heavy atom. The van der Waals surface area contributed by atoms with Gasteiger partial charge in [0.05, 0.1) is 5.56 Å². The lowest BCUT2D eigenvalue weighted by atomic mass is 9.92. The molecule has 0 bridgehead atoms. The Balaban J connectivity index is 2.38. The number of rotatable bonds is 6. The Kier molecular flexibility index (Phi) is 6.54. The van der Waals surface area contributed by atoms with Crippen LogP contribution in [-0.4, -0.2) is 27.7 Å². The summed E-state index contributed by atoms with van der Waals surface area (Å²) in [5, 5.41) is 15.1. The lowest BCUT2D eigenvalue weighted by molar-refractivity contribution is 0.191. The zero-order valence-electron chi connectivity index (χ0n) is 14.3. The van der Waals surface area contributed by atoms with Crippen LogP contribution in [0.15, 0.2) is 18.1 Å². The number of halogens is 1. The number of nitrogens with two attached hydrogens (primary N) is 1. The fourth-order valence-electron chi connectivity index (χ4n) is 3.29. The van der Waals surface area contributed by atoms with Crippen molar-refractivity contribution in [2.45, 2.75) is 33.2 Å². The van der Waals surface area contributed by atoms with E-state index in [0.717, 1.165) is 16.9 Å². The van der Waals surface area contributed by atoms with Crippen molar-refractivity contribution in [2.24, 2.45) is 17.8 Å². The first kappa shape index (κ1) is 19.1. The van der Waals surface area contributed by atoms with Gasteiger partial charge in [0.1, 0.15) is 11.0 Å². The molecule has 1 fully saturated rings. The summed E-state index contributed by atoms with van der Waals surface area (Å²) in [6, 6.07) is 0.202. The van der Waals surface area contributed by atoms with Crippen LogP contribution in [0.25, 0.3) is 4.91 Å². The van der Waals surface area contributed by atoms with E-state index in [4.69, 9.17) is 17.3 Å². The Bertz CT molecular complexity index is 637. The zero-order chi connectivity index (χ0) is 17.9. The van der Waals surface area contributed by atoms with Crippen molar-refractivity contribution in [3.05, 3.63) is 28.8 Å². The third-order valence-electron chi connectivity index (χ3n) is 4.92. The Hall–Kier alpha value is -1.24. The zero-order valence-corrected chi connectivity index (χ0v) is 15.9. The van der Waals surface area contributed by atoms with Gasteiger partial charge in [0.25, 0.3) is 0 Å². The van der Waals surface area contributed by atoms with Gasteiger partial charge in [0.15, 0.2) is 0 Å². The van der Waals surface area contributed by atoms with Gasteiger partial charge in [0.2, 0.25) is 5.95 Å². The maximum atomic E-state index is 9.56. The number of anilines is 2. The summed E-state index contributed by atoms with van der Waals surface area (Å²) in [5.41, 5.74) is 6.54. The Labute approximate surface area is 152 Å². The average molecular weight is 369 g/mol. The molecule has 0 unspecified atom stereocenters. The molecule has 4 N–H and O–H groups in total. The summed E-state index contributed by atoms with van der Waals surface area (Å²) in [4.78, 5) is 9.39. The monoisotopic (exact) mass is 368 g/mol. The van der Waals surface area contributed by atoms with Crippen LogP contribution in [0, 0.1) is 17.8 Å². The van der Waals surface area contributed by atoms with Crippen molar-refractivity contribution in [1.82, 2.24) is 9.97 Å². The highest BCUT2D eigenvalue weighted by Crippen LogP contribution is 2.41. The molecule has 0 amide bonds. The minimum absolute atomic E-state index is 0.141. The second kappa shape index (κ2) is 8.23. The number of thioether (sulfide) groups is 1. The van der Waals surface area contributed by atoms with Crippen LogP contribution in [0.1, 0.15) is 32.8 Å². The first-order chi connectivity index (χ1) is 11.4. The van der Waals surface area contributed by atoms with E-state index < -0.39 is 0 Å². The van der Waals surface area contributed by atoms with E-state index in [1.54, 1.807) is 5.41 Å². The first-order valence-corrected chi connectivity index (χ1v) is 9.33. The van der Waals surface area contributed by atoms with Crippen LogP contribution in [0.3, 0.4) is 0 Å². The van der Waals surface area contributed by atoms with Crippen molar-refractivity contribution in [2.75, 3.05) is 17.7 Å². The van der Waals surface area contributed by atoms with E-state index in [1.807, 2.05) is 13.0 Å². The highest BCUT2D eigenvalue weighted by atomic mass is 35.5. The summed E-state index contributed by atoms with van der Waals surface area (Å²) in [6.45, 7) is 10.3. The van der Waals surface area contributed by atoms with Gasteiger partial charge in [-0.25, -0.2) is 4.98 Å². The predicted octanol–water partition coefficient (Wildman–Crippen LogP) is 4.01. The molecule has 4 atom stereocenters. The van der Waals surface area contributed by atoms with Gasteiger partial charge >= 0.3 is 0 Å².